The van der Waals surface area contributed by atoms with Crippen LogP contribution >= 0.6 is 27.3 Å². The lowest BCUT2D eigenvalue weighted by atomic mass is 10.2. The number of phenols is 1. The number of benzene rings is 2. The molecular weight excluding hydrogens is 392 g/mol. The topological polar surface area (TPSA) is 71.5 Å². The molecule has 3 rings (SSSR count). The quantitative estimate of drug-likeness (QED) is 0.669. The smallest absolute Gasteiger partial charge is 0.261 e. The van der Waals surface area contributed by atoms with Crippen LogP contribution in [0, 0.1) is 0 Å². The van der Waals surface area contributed by atoms with Crippen LogP contribution < -0.4 is 10.1 Å². The van der Waals surface area contributed by atoms with Gasteiger partial charge in [-0.3, -0.25) is 10.1 Å². The van der Waals surface area contributed by atoms with Gasteiger partial charge in [-0.05, 0) is 42.5 Å². The van der Waals surface area contributed by atoms with E-state index in [-0.39, 0.29) is 11.3 Å². The molecule has 7 heteroatoms. The van der Waals surface area contributed by atoms with Gasteiger partial charge < -0.3 is 9.84 Å². The standard InChI is InChI=1S/C17H13BrN2O3S/c1-23-12-5-2-10(3-6-12)14-9-24-17(19-14)20-16(22)13-8-11(18)4-7-15(13)21/h2-9,21H,1H3,(H,19,20,22). The van der Waals surface area contributed by atoms with E-state index in [1.807, 2.05) is 29.6 Å². The lowest BCUT2D eigenvalue weighted by molar-refractivity contribution is 0.102. The summed E-state index contributed by atoms with van der Waals surface area (Å²) in [5.74, 6) is 0.278. The van der Waals surface area contributed by atoms with Gasteiger partial charge in [0.15, 0.2) is 5.13 Å². The van der Waals surface area contributed by atoms with Gasteiger partial charge in [-0.2, -0.15) is 0 Å². The number of methoxy groups -OCH3 is 1. The van der Waals surface area contributed by atoms with Gasteiger partial charge in [0.1, 0.15) is 11.5 Å². The Hall–Kier alpha value is -2.38. The average molecular weight is 405 g/mol. The number of aromatic nitrogens is 1. The first-order valence-corrected chi connectivity index (χ1v) is 8.64. The molecule has 5 nitrogen and oxygen atoms in total. The Bertz CT molecular complexity index is 878. The van der Waals surface area contributed by atoms with Crippen LogP contribution in [0.4, 0.5) is 5.13 Å². The Morgan fingerprint density at radius 1 is 1.25 bits per heavy atom. The summed E-state index contributed by atoms with van der Waals surface area (Å²) in [6.45, 7) is 0. The molecule has 0 aliphatic heterocycles. The Labute approximate surface area is 151 Å². The zero-order valence-corrected chi connectivity index (χ0v) is 15.0. The summed E-state index contributed by atoms with van der Waals surface area (Å²) in [5, 5.41) is 14.8. The Balaban J connectivity index is 1.78. The number of phenolic OH excluding ortho intramolecular Hbond substituents is 1. The minimum atomic E-state index is -0.413. The third-order valence-corrected chi connectivity index (χ3v) is 4.56. The summed E-state index contributed by atoms with van der Waals surface area (Å²) in [5.41, 5.74) is 1.87. The molecular formula is C17H13BrN2O3S. The van der Waals surface area contributed by atoms with Crippen LogP contribution in [-0.4, -0.2) is 23.1 Å². The molecule has 0 atom stereocenters. The lowest BCUT2D eigenvalue weighted by Gasteiger charge is -2.05. The van der Waals surface area contributed by atoms with Gasteiger partial charge in [-0.15, -0.1) is 11.3 Å². The molecule has 2 aromatic carbocycles. The van der Waals surface area contributed by atoms with Gasteiger partial charge >= 0.3 is 0 Å². The van der Waals surface area contributed by atoms with E-state index >= 15 is 0 Å². The molecule has 0 saturated carbocycles. The predicted octanol–water partition coefficient (Wildman–Crippen LogP) is 4.54. The number of hydrogen-bond acceptors (Lipinski definition) is 5. The number of nitrogens with zero attached hydrogens (tertiary/aromatic N) is 1. The highest BCUT2D eigenvalue weighted by atomic mass is 79.9. The highest BCUT2D eigenvalue weighted by Crippen LogP contribution is 2.28. The number of anilines is 1. The summed E-state index contributed by atoms with van der Waals surface area (Å²) >= 11 is 4.60. The molecule has 0 unspecified atom stereocenters. The second-order valence-electron chi connectivity index (χ2n) is 4.88. The molecule has 1 aromatic heterocycles. The number of rotatable bonds is 4. The van der Waals surface area contributed by atoms with Crippen molar-refractivity contribution < 1.29 is 14.6 Å². The number of thiazole rings is 1. The highest BCUT2D eigenvalue weighted by Gasteiger charge is 2.14. The van der Waals surface area contributed by atoms with E-state index in [1.54, 1.807) is 19.2 Å². The number of nitrogens with one attached hydrogen (secondary N) is 1. The number of amides is 1. The molecule has 1 heterocycles. The monoisotopic (exact) mass is 404 g/mol. The zero-order valence-electron chi connectivity index (χ0n) is 12.6. The van der Waals surface area contributed by atoms with Crippen LogP contribution in [0.2, 0.25) is 0 Å². The van der Waals surface area contributed by atoms with Crippen LogP contribution in [0.25, 0.3) is 11.3 Å². The first kappa shape index (κ1) is 16.5. The van der Waals surface area contributed by atoms with Gasteiger partial charge in [0.2, 0.25) is 0 Å². The van der Waals surface area contributed by atoms with Crippen molar-refractivity contribution >= 4 is 38.3 Å². The SMILES string of the molecule is COc1ccc(-c2csc(NC(=O)c3cc(Br)ccc3O)n2)cc1. The van der Waals surface area contributed by atoms with Crippen molar-refractivity contribution in [2.45, 2.75) is 0 Å². The van der Waals surface area contributed by atoms with Crippen molar-refractivity contribution in [2.75, 3.05) is 12.4 Å². The Morgan fingerprint density at radius 3 is 2.71 bits per heavy atom. The van der Waals surface area contributed by atoms with Crippen molar-refractivity contribution in [3.05, 3.63) is 57.9 Å². The van der Waals surface area contributed by atoms with E-state index in [4.69, 9.17) is 4.74 Å². The molecule has 1 amide bonds. The summed E-state index contributed by atoms with van der Waals surface area (Å²) in [6.07, 6.45) is 0. The molecule has 0 fully saturated rings. The van der Waals surface area contributed by atoms with Gasteiger partial charge in [0.05, 0.1) is 18.4 Å². The lowest BCUT2D eigenvalue weighted by Crippen LogP contribution is -2.11. The second kappa shape index (κ2) is 7.02. The minimum absolute atomic E-state index is 0.0809. The van der Waals surface area contributed by atoms with Crippen LogP contribution in [0.15, 0.2) is 52.3 Å². The van der Waals surface area contributed by atoms with Gasteiger partial charge in [-0.1, -0.05) is 15.9 Å². The van der Waals surface area contributed by atoms with Gasteiger partial charge in [0, 0.05) is 15.4 Å². The molecule has 0 spiro atoms. The summed E-state index contributed by atoms with van der Waals surface area (Å²) in [7, 11) is 1.61. The minimum Gasteiger partial charge on any atom is -0.507 e. The molecule has 24 heavy (non-hydrogen) atoms. The fraction of sp³-hybridized carbons (Fsp3) is 0.0588. The van der Waals surface area contributed by atoms with Crippen molar-refractivity contribution in [3.63, 3.8) is 0 Å². The number of carbonyl (C=O) groups is 1. The van der Waals surface area contributed by atoms with Crippen LogP contribution in [-0.2, 0) is 0 Å². The number of hydrogen-bond donors (Lipinski definition) is 2. The third kappa shape index (κ3) is 3.58. The number of ether oxygens (including phenoxy) is 1. The van der Waals surface area contributed by atoms with Crippen molar-refractivity contribution in [1.29, 1.82) is 0 Å². The van der Waals surface area contributed by atoms with Gasteiger partial charge in [0.25, 0.3) is 5.91 Å². The maximum atomic E-state index is 12.3. The summed E-state index contributed by atoms with van der Waals surface area (Å²) < 4.78 is 5.84. The third-order valence-electron chi connectivity index (χ3n) is 3.31. The fourth-order valence-electron chi connectivity index (χ4n) is 2.08. The zero-order chi connectivity index (χ0) is 17.1. The maximum absolute atomic E-state index is 12.3. The van der Waals surface area contributed by atoms with Crippen LogP contribution in [0.3, 0.4) is 0 Å². The molecule has 2 N–H and O–H groups in total. The number of halogens is 1. The van der Waals surface area contributed by atoms with Gasteiger partial charge in [-0.25, -0.2) is 4.98 Å². The molecule has 0 aliphatic carbocycles. The van der Waals surface area contributed by atoms with E-state index in [1.165, 1.54) is 17.4 Å². The number of carbonyl (C=O) groups excluding carboxylic acids is 1. The maximum Gasteiger partial charge on any atom is 0.261 e. The predicted molar refractivity (Wildman–Crippen MR) is 97.9 cm³/mol. The average Bonchev–Trinajstić information content (AvgIpc) is 3.05. The second-order valence-corrected chi connectivity index (χ2v) is 6.66. The normalized spacial score (nSPS) is 10.4. The molecule has 0 bridgehead atoms. The van der Waals surface area contributed by atoms with E-state index < -0.39 is 5.91 Å². The Kier molecular flexibility index (Phi) is 4.82. The Morgan fingerprint density at radius 2 is 2.00 bits per heavy atom. The fourth-order valence-corrected chi connectivity index (χ4v) is 3.16. The van der Waals surface area contributed by atoms with E-state index in [9.17, 15) is 9.90 Å². The molecule has 0 radical (unpaired) electrons. The highest BCUT2D eigenvalue weighted by molar-refractivity contribution is 9.10. The molecule has 122 valence electrons. The summed E-state index contributed by atoms with van der Waals surface area (Å²) in [4.78, 5) is 16.7. The summed E-state index contributed by atoms with van der Waals surface area (Å²) in [6, 6.07) is 12.2. The molecule has 3 aromatic rings. The first-order valence-electron chi connectivity index (χ1n) is 6.96. The molecule has 0 saturated heterocycles. The molecule has 0 aliphatic rings. The van der Waals surface area contributed by atoms with Crippen molar-refractivity contribution in [2.24, 2.45) is 0 Å². The van der Waals surface area contributed by atoms with Crippen molar-refractivity contribution in [3.8, 4) is 22.8 Å². The van der Waals surface area contributed by atoms with E-state index in [2.05, 4.69) is 26.2 Å². The van der Waals surface area contributed by atoms with Crippen LogP contribution in [0.5, 0.6) is 11.5 Å². The van der Waals surface area contributed by atoms with Crippen LogP contribution in [0.1, 0.15) is 10.4 Å². The largest absolute Gasteiger partial charge is 0.507 e. The van der Waals surface area contributed by atoms with E-state index in [0.717, 1.165) is 17.0 Å². The number of aromatic hydroxyl groups is 1. The van der Waals surface area contributed by atoms with Crippen molar-refractivity contribution in [1.82, 2.24) is 4.98 Å². The first-order chi connectivity index (χ1) is 11.6. The van der Waals surface area contributed by atoms with E-state index in [0.29, 0.717) is 9.60 Å².